The van der Waals surface area contributed by atoms with Gasteiger partial charge in [-0.05, 0) is 70.8 Å². The monoisotopic (exact) mass is 1010 g/mol. The van der Waals surface area contributed by atoms with Gasteiger partial charge in [-0.3, -0.25) is 4.79 Å². The van der Waals surface area contributed by atoms with Gasteiger partial charge in [-0.2, -0.15) is 10.5 Å². The zero-order valence-corrected chi connectivity index (χ0v) is 39.6. The molecule has 2 heterocycles. The predicted molar refractivity (Wildman–Crippen MR) is 264 cm³/mol. The summed E-state index contributed by atoms with van der Waals surface area (Å²) in [5.41, 5.74) is 9.10. The number of benzene rings is 4. The highest BCUT2D eigenvalue weighted by Crippen LogP contribution is 2.40. The number of nitrogens with two attached hydrogens (primary N) is 1. The van der Waals surface area contributed by atoms with E-state index in [1.807, 2.05) is 68.4 Å². The fraction of sp³-hybridized carbons (Fsp3) is 0.292. The van der Waals surface area contributed by atoms with Crippen LogP contribution in [0.2, 0.25) is 10.0 Å². The van der Waals surface area contributed by atoms with E-state index in [0.717, 1.165) is 22.3 Å². The lowest BCUT2D eigenvalue weighted by molar-refractivity contribution is 0.0690. The molecule has 0 atom stereocenters. The molecule has 348 valence electrons. The molecule has 0 bridgehead atoms. The first-order valence-electron chi connectivity index (χ1n) is 19.3. The number of nitrogens with zero attached hydrogens (tertiary/aromatic N) is 4. The number of carbonyl (C=O) groups excluding carboxylic acids is 1. The Hall–Kier alpha value is -5.58. The molecule has 12 nitrogen and oxygen atoms in total. The Bertz CT molecular complexity index is 2490. The van der Waals surface area contributed by atoms with Crippen molar-refractivity contribution in [3.8, 4) is 35.1 Å². The summed E-state index contributed by atoms with van der Waals surface area (Å²) in [5, 5.41) is 33.1. The first-order chi connectivity index (χ1) is 30.5. The van der Waals surface area contributed by atoms with Gasteiger partial charge in [0.2, 0.25) is 0 Å². The van der Waals surface area contributed by atoms with Crippen molar-refractivity contribution in [1.82, 2.24) is 9.97 Å². The summed E-state index contributed by atoms with van der Waals surface area (Å²) in [5.74, 6) is 0.975. The average molecular weight is 1010 g/mol. The van der Waals surface area contributed by atoms with Crippen molar-refractivity contribution in [2.75, 3.05) is 25.0 Å². The lowest BCUT2D eigenvalue weighted by atomic mass is 9.77. The summed E-state index contributed by atoms with van der Waals surface area (Å²) in [6, 6.07) is 26.7. The first kappa shape index (κ1) is 54.8. The first-order valence-corrected chi connectivity index (χ1v) is 22.8. The molecular formula is C48H49Cl4N5O7S2. The Balaban J connectivity index is 0.000000340. The fourth-order valence-corrected chi connectivity index (χ4v) is 8.25. The van der Waals surface area contributed by atoms with Gasteiger partial charge < -0.3 is 29.8 Å². The van der Waals surface area contributed by atoms with Gasteiger partial charge in [0.05, 0.1) is 32.9 Å². The largest absolute Gasteiger partial charge is 0.489 e. The van der Waals surface area contributed by atoms with E-state index in [2.05, 4.69) is 36.0 Å². The van der Waals surface area contributed by atoms with E-state index in [9.17, 15) is 20.1 Å². The minimum Gasteiger partial charge on any atom is -0.489 e. The smallest absolute Gasteiger partial charge is 0.355 e. The number of aromatic carboxylic acids is 1. The standard InChI is InChI=1S/C23H21Cl2N3O3S.C23H20Cl2N2O4S.2CH4/c1-23(2,16-9-14(11-26)21(18(25)10-16)30-8-7-24)15-3-5-17(6-4-15)31-12-20-28-19(13-32-20)22(27)29;1-23(2,16-9-14(11-26)21(18(25)10-16)30-8-7-24)15-3-5-17(6-4-15)31-12-20-27-19(13-32-20)22(28)29;;/h3-6,9-10,13H,7-8,12H2,1-2H3,(H2,27,29);3-6,9-10,13H,7-8,12H2,1-2H3,(H,28,29);2*1H4. The van der Waals surface area contributed by atoms with Gasteiger partial charge in [-0.25, -0.2) is 14.8 Å². The van der Waals surface area contributed by atoms with E-state index in [1.165, 1.54) is 28.1 Å². The number of hydrogen-bond acceptors (Lipinski definition) is 12. The van der Waals surface area contributed by atoms with Crippen molar-refractivity contribution >= 4 is 81.0 Å². The van der Waals surface area contributed by atoms with E-state index < -0.39 is 22.7 Å². The van der Waals surface area contributed by atoms with Crippen LogP contribution in [-0.4, -0.2) is 51.9 Å². The molecule has 18 heteroatoms. The highest BCUT2D eigenvalue weighted by atomic mass is 35.5. The number of nitriles is 2. The van der Waals surface area contributed by atoms with Gasteiger partial charge in [0, 0.05) is 21.6 Å². The quantitative estimate of drug-likeness (QED) is 0.0779. The third kappa shape index (κ3) is 13.7. The number of ether oxygens (including phenoxy) is 4. The Morgan fingerprint density at radius 1 is 0.652 bits per heavy atom. The molecule has 0 radical (unpaired) electrons. The molecule has 0 fully saturated rings. The number of thiazole rings is 2. The Labute approximate surface area is 413 Å². The molecule has 4 aromatic carbocycles. The van der Waals surface area contributed by atoms with Crippen molar-refractivity contribution in [2.45, 2.75) is 66.6 Å². The van der Waals surface area contributed by atoms with Crippen LogP contribution in [-0.2, 0) is 24.0 Å². The minimum atomic E-state index is -1.06. The zero-order chi connectivity index (χ0) is 46.6. The van der Waals surface area contributed by atoms with Crippen LogP contribution in [0.4, 0.5) is 0 Å². The molecule has 1 amide bonds. The van der Waals surface area contributed by atoms with Gasteiger partial charge in [0.1, 0.15) is 65.8 Å². The van der Waals surface area contributed by atoms with Crippen molar-refractivity contribution < 1.29 is 33.6 Å². The van der Waals surface area contributed by atoms with Gasteiger partial charge in [0.15, 0.2) is 17.2 Å². The molecule has 2 aromatic heterocycles. The molecule has 0 unspecified atom stereocenters. The van der Waals surface area contributed by atoms with Gasteiger partial charge >= 0.3 is 5.97 Å². The lowest BCUT2D eigenvalue weighted by Crippen LogP contribution is -2.19. The maximum Gasteiger partial charge on any atom is 0.355 e. The van der Waals surface area contributed by atoms with Crippen LogP contribution in [0.5, 0.6) is 23.0 Å². The van der Waals surface area contributed by atoms with E-state index in [0.29, 0.717) is 65.9 Å². The summed E-state index contributed by atoms with van der Waals surface area (Å²) in [6.07, 6.45) is 0. The number of alkyl halides is 2. The number of carboxylic acid groups (broad SMARTS) is 1. The van der Waals surface area contributed by atoms with Crippen LogP contribution in [0.1, 0.15) is 107 Å². The van der Waals surface area contributed by atoms with Crippen LogP contribution >= 0.6 is 69.1 Å². The highest BCUT2D eigenvalue weighted by Gasteiger charge is 2.28. The molecule has 0 saturated carbocycles. The molecule has 0 aliphatic heterocycles. The second kappa shape index (κ2) is 24.8. The van der Waals surface area contributed by atoms with Crippen LogP contribution in [0.15, 0.2) is 83.6 Å². The van der Waals surface area contributed by atoms with Gasteiger partial charge in [-0.1, -0.05) is 90.0 Å². The van der Waals surface area contributed by atoms with E-state index in [-0.39, 0.29) is 52.7 Å². The van der Waals surface area contributed by atoms with Crippen molar-refractivity contribution in [3.05, 3.63) is 148 Å². The van der Waals surface area contributed by atoms with Crippen LogP contribution in [0, 0.1) is 22.7 Å². The van der Waals surface area contributed by atoms with Gasteiger partial charge in [-0.15, -0.1) is 45.9 Å². The van der Waals surface area contributed by atoms with E-state index in [4.69, 9.17) is 76.2 Å². The van der Waals surface area contributed by atoms with Crippen LogP contribution in [0.3, 0.4) is 0 Å². The topological polar surface area (TPSA) is 191 Å². The number of hydrogen-bond donors (Lipinski definition) is 2. The predicted octanol–water partition coefficient (Wildman–Crippen LogP) is 12.5. The number of amides is 1. The van der Waals surface area contributed by atoms with Crippen LogP contribution in [0.25, 0.3) is 0 Å². The fourth-order valence-electron chi connectivity index (χ4n) is 6.17. The Morgan fingerprint density at radius 2 is 1.03 bits per heavy atom. The maximum atomic E-state index is 11.2. The number of halogens is 4. The summed E-state index contributed by atoms with van der Waals surface area (Å²) >= 11 is 26.7. The third-order valence-corrected chi connectivity index (χ3v) is 12.4. The second-order valence-electron chi connectivity index (χ2n) is 14.8. The molecule has 0 aliphatic carbocycles. The summed E-state index contributed by atoms with van der Waals surface area (Å²) in [7, 11) is 0. The molecule has 0 saturated heterocycles. The summed E-state index contributed by atoms with van der Waals surface area (Å²) in [4.78, 5) is 30.2. The number of aromatic nitrogens is 2. The van der Waals surface area contributed by atoms with Crippen LogP contribution < -0.4 is 24.7 Å². The SMILES string of the molecule is C.C.CC(C)(c1ccc(OCc2nc(C(=O)O)cs2)cc1)c1cc(Cl)c(OCCCl)c(C#N)c1.CC(C)(c1ccc(OCc2nc(C(N)=O)cs2)cc1)c1cc(Cl)c(OCCCl)c(C#N)c1. The molecule has 66 heavy (non-hydrogen) atoms. The van der Waals surface area contributed by atoms with Crippen molar-refractivity contribution in [3.63, 3.8) is 0 Å². The molecule has 0 spiro atoms. The lowest BCUT2D eigenvalue weighted by Gasteiger charge is -2.27. The number of primary amides is 1. The molecular weight excluding hydrogens is 965 g/mol. The zero-order valence-electron chi connectivity index (χ0n) is 34.9. The molecule has 6 aromatic rings. The Kier molecular flexibility index (Phi) is 20.6. The maximum absolute atomic E-state index is 11.2. The third-order valence-electron chi connectivity index (χ3n) is 9.87. The number of rotatable bonds is 18. The molecule has 3 N–H and O–H groups in total. The van der Waals surface area contributed by atoms with E-state index in [1.54, 1.807) is 23.6 Å². The Morgan fingerprint density at radius 3 is 1.35 bits per heavy atom. The highest BCUT2D eigenvalue weighted by molar-refractivity contribution is 7.10. The van der Waals surface area contributed by atoms with E-state index >= 15 is 0 Å². The molecule has 0 aliphatic rings. The summed E-state index contributed by atoms with van der Waals surface area (Å²) in [6.45, 7) is 9.14. The van der Waals surface area contributed by atoms with Crippen molar-refractivity contribution in [2.24, 2.45) is 5.73 Å². The van der Waals surface area contributed by atoms with Gasteiger partial charge in [0.25, 0.3) is 5.91 Å². The number of carboxylic acids is 1. The normalized spacial score (nSPS) is 10.8. The average Bonchev–Trinajstić information content (AvgIpc) is 3.98. The van der Waals surface area contributed by atoms with Crippen molar-refractivity contribution in [1.29, 1.82) is 10.5 Å². The molecule has 6 rings (SSSR count). The summed E-state index contributed by atoms with van der Waals surface area (Å²) < 4.78 is 22.6. The second-order valence-corrected chi connectivity index (χ2v) is 18.2. The minimum absolute atomic E-state index is 0. The number of carbonyl (C=O) groups is 2.